The molecule has 2 heterocycles. The number of nitrogens with one attached hydrogen (secondary N) is 1. The molecule has 1 amide bonds. The van der Waals surface area contributed by atoms with Crippen molar-refractivity contribution in [2.75, 3.05) is 6.54 Å². The van der Waals surface area contributed by atoms with Crippen LogP contribution in [0.3, 0.4) is 0 Å². The fourth-order valence-corrected chi connectivity index (χ4v) is 2.79. The van der Waals surface area contributed by atoms with Gasteiger partial charge in [-0.1, -0.05) is 22.0 Å². The number of hydrogen-bond acceptors (Lipinski definition) is 4. The zero-order valence-electron chi connectivity index (χ0n) is 14.4. The van der Waals surface area contributed by atoms with E-state index in [9.17, 15) is 4.79 Å². The highest BCUT2D eigenvalue weighted by Gasteiger charge is 2.11. The molecule has 0 spiro atoms. The molecule has 0 radical (unpaired) electrons. The van der Waals surface area contributed by atoms with Crippen LogP contribution < -0.4 is 10.1 Å². The number of carbonyl (C=O) groups is 1. The van der Waals surface area contributed by atoms with Gasteiger partial charge in [0.15, 0.2) is 5.76 Å². The predicted molar refractivity (Wildman–Crippen MR) is 101 cm³/mol. The number of ether oxygens (including phenoxy) is 1. The van der Waals surface area contributed by atoms with Gasteiger partial charge in [0, 0.05) is 23.8 Å². The fraction of sp³-hybridized carbons (Fsp3) is 0.263. The highest BCUT2D eigenvalue weighted by molar-refractivity contribution is 9.10. The quantitative estimate of drug-likeness (QED) is 0.563. The number of carbonyl (C=O) groups excluding carboxylic acids is 1. The van der Waals surface area contributed by atoms with E-state index in [1.165, 1.54) is 0 Å². The Morgan fingerprint density at radius 1 is 1.35 bits per heavy atom. The lowest BCUT2D eigenvalue weighted by Gasteiger charge is -2.05. The van der Waals surface area contributed by atoms with E-state index in [2.05, 4.69) is 26.3 Å². The Balaban J connectivity index is 1.42. The summed E-state index contributed by atoms with van der Waals surface area (Å²) in [5, 5.41) is 7.06. The van der Waals surface area contributed by atoms with Crippen LogP contribution in [0.25, 0.3) is 0 Å². The highest BCUT2D eigenvalue weighted by atomic mass is 79.9. The number of hydrogen-bond donors (Lipinski definition) is 1. The molecule has 0 atom stereocenters. The Labute approximate surface area is 160 Å². The topological polar surface area (TPSA) is 69.3 Å². The van der Waals surface area contributed by atoms with Gasteiger partial charge in [0.25, 0.3) is 5.91 Å². The van der Waals surface area contributed by atoms with Gasteiger partial charge in [-0.05, 0) is 49.2 Å². The van der Waals surface area contributed by atoms with Gasteiger partial charge >= 0.3 is 0 Å². The molecule has 2 aromatic heterocycles. The third kappa shape index (κ3) is 5.23. The molecule has 0 aliphatic heterocycles. The van der Waals surface area contributed by atoms with Gasteiger partial charge in [-0.3, -0.25) is 9.48 Å². The molecule has 6 nitrogen and oxygen atoms in total. The van der Waals surface area contributed by atoms with Crippen molar-refractivity contribution in [1.29, 1.82) is 0 Å². The number of aryl methyl sites for hydroxylation is 2. The number of aromatic nitrogens is 2. The van der Waals surface area contributed by atoms with Crippen LogP contribution in [-0.2, 0) is 13.2 Å². The fourth-order valence-electron chi connectivity index (χ4n) is 2.41. The second kappa shape index (κ2) is 8.71. The lowest BCUT2D eigenvalue weighted by Crippen LogP contribution is -2.24. The van der Waals surface area contributed by atoms with Crippen molar-refractivity contribution in [3.05, 3.63) is 70.3 Å². The van der Waals surface area contributed by atoms with E-state index in [4.69, 9.17) is 9.15 Å². The van der Waals surface area contributed by atoms with Crippen LogP contribution in [0.5, 0.6) is 5.75 Å². The summed E-state index contributed by atoms with van der Waals surface area (Å²) in [5.41, 5.74) is 1.13. The molecule has 0 saturated heterocycles. The van der Waals surface area contributed by atoms with E-state index in [0.717, 1.165) is 28.8 Å². The molecule has 1 N–H and O–H groups in total. The number of benzene rings is 1. The molecule has 1 aromatic carbocycles. The van der Waals surface area contributed by atoms with Crippen molar-refractivity contribution in [3.63, 3.8) is 0 Å². The Morgan fingerprint density at radius 3 is 3.00 bits per heavy atom. The molecular weight excluding hydrogens is 398 g/mol. The van der Waals surface area contributed by atoms with Gasteiger partial charge in [0.05, 0.1) is 6.20 Å². The first kappa shape index (κ1) is 18.3. The minimum atomic E-state index is -0.227. The molecule has 136 valence electrons. The van der Waals surface area contributed by atoms with Crippen molar-refractivity contribution in [3.8, 4) is 5.75 Å². The second-order valence-corrected chi connectivity index (χ2v) is 6.82. The summed E-state index contributed by atoms with van der Waals surface area (Å²) in [7, 11) is 0. The standard InChI is InChI=1S/C19H20BrN3O3/c1-14-11-22-23(12-14)9-3-8-21-19(24)18-7-6-17(26-18)13-25-16-5-2-4-15(20)10-16/h2,4-7,10-12H,3,8-9,13H2,1H3,(H,21,24). The molecule has 0 aliphatic rings. The second-order valence-electron chi connectivity index (χ2n) is 5.90. The van der Waals surface area contributed by atoms with Crippen LogP contribution in [0.15, 0.2) is 57.7 Å². The Bertz CT molecular complexity index is 872. The number of furan rings is 1. The van der Waals surface area contributed by atoms with Gasteiger partial charge in [0.1, 0.15) is 18.1 Å². The third-order valence-corrected chi connectivity index (χ3v) is 4.17. The lowest BCUT2D eigenvalue weighted by molar-refractivity contribution is 0.0921. The number of nitrogens with zero attached hydrogens (tertiary/aromatic N) is 2. The van der Waals surface area contributed by atoms with Crippen molar-refractivity contribution in [1.82, 2.24) is 15.1 Å². The SMILES string of the molecule is Cc1cnn(CCCNC(=O)c2ccc(COc3cccc(Br)c3)o2)c1. The molecule has 0 saturated carbocycles. The highest BCUT2D eigenvalue weighted by Crippen LogP contribution is 2.19. The third-order valence-electron chi connectivity index (χ3n) is 3.67. The summed E-state index contributed by atoms with van der Waals surface area (Å²) in [6.07, 6.45) is 4.59. The number of rotatable bonds is 8. The van der Waals surface area contributed by atoms with Crippen molar-refractivity contribution in [2.45, 2.75) is 26.5 Å². The molecule has 26 heavy (non-hydrogen) atoms. The molecule has 0 fully saturated rings. The lowest BCUT2D eigenvalue weighted by atomic mass is 10.3. The molecular formula is C19H20BrN3O3. The first-order chi connectivity index (χ1) is 12.6. The minimum Gasteiger partial charge on any atom is -0.486 e. The predicted octanol–water partition coefficient (Wildman–Crippen LogP) is 3.95. The summed E-state index contributed by atoms with van der Waals surface area (Å²) < 4.78 is 14.0. The van der Waals surface area contributed by atoms with Crippen LogP contribution in [0.4, 0.5) is 0 Å². The van der Waals surface area contributed by atoms with Gasteiger partial charge in [-0.25, -0.2) is 0 Å². The van der Waals surface area contributed by atoms with E-state index in [1.807, 2.05) is 48.3 Å². The smallest absolute Gasteiger partial charge is 0.286 e. The molecule has 3 rings (SSSR count). The summed E-state index contributed by atoms with van der Waals surface area (Å²) in [5.74, 6) is 1.39. The van der Waals surface area contributed by atoms with E-state index in [0.29, 0.717) is 12.3 Å². The van der Waals surface area contributed by atoms with Crippen LogP contribution in [0.1, 0.15) is 28.3 Å². The van der Waals surface area contributed by atoms with Gasteiger partial charge in [-0.15, -0.1) is 0 Å². The summed E-state index contributed by atoms with van der Waals surface area (Å²) in [6, 6.07) is 11.0. The normalized spacial score (nSPS) is 10.7. The molecule has 0 aliphatic carbocycles. The monoisotopic (exact) mass is 417 g/mol. The van der Waals surface area contributed by atoms with Crippen LogP contribution in [-0.4, -0.2) is 22.2 Å². The zero-order valence-corrected chi connectivity index (χ0v) is 16.0. The Morgan fingerprint density at radius 2 is 2.23 bits per heavy atom. The maximum absolute atomic E-state index is 12.1. The average Bonchev–Trinajstić information content (AvgIpc) is 3.26. The van der Waals surface area contributed by atoms with Crippen LogP contribution in [0.2, 0.25) is 0 Å². The molecule has 0 unspecified atom stereocenters. The summed E-state index contributed by atoms with van der Waals surface area (Å²) in [4.78, 5) is 12.1. The Hall–Kier alpha value is -2.54. The van der Waals surface area contributed by atoms with E-state index >= 15 is 0 Å². The maximum Gasteiger partial charge on any atom is 0.286 e. The summed E-state index contributed by atoms with van der Waals surface area (Å²) in [6.45, 7) is 3.59. The molecule has 3 aromatic rings. The average molecular weight is 418 g/mol. The first-order valence-electron chi connectivity index (χ1n) is 8.34. The van der Waals surface area contributed by atoms with Crippen molar-refractivity contribution < 1.29 is 13.9 Å². The van der Waals surface area contributed by atoms with Crippen LogP contribution in [0, 0.1) is 6.92 Å². The van der Waals surface area contributed by atoms with E-state index in [-0.39, 0.29) is 18.3 Å². The molecule has 0 bridgehead atoms. The number of amides is 1. The van der Waals surface area contributed by atoms with Crippen molar-refractivity contribution >= 4 is 21.8 Å². The molecule has 7 heteroatoms. The minimum absolute atomic E-state index is 0.227. The van der Waals surface area contributed by atoms with Crippen molar-refractivity contribution in [2.24, 2.45) is 0 Å². The Kier molecular flexibility index (Phi) is 6.12. The van der Waals surface area contributed by atoms with E-state index in [1.54, 1.807) is 12.1 Å². The number of halogens is 1. The van der Waals surface area contributed by atoms with Gasteiger partial charge in [-0.2, -0.15) is 5.10 Å². The zero-order chi connectivity index (χ0) is 18.4. The van der Waals surface area contributed by atoms with Crippen LogP contribution >= 0.6 is 15.9 Å². The summed E-state index contributed by atoms with van der Waals surface area (Å²) >= 11 is 3.40. The van der Waals surface area contributed by atoms with Gasteiger partial charge in [0.2, 0.25) is 0 Å². The van der Waals surface area contributed by atoms with E-state index < -0.39 is 0 Å². The largest absolute Gasteiger partial charge is 0.486 e. The van der Waals surface area contributed by atoms with Gasteiger partial charge < -0.3 is 14.5 Å². The maximum atomic E-state index is 12.1. The first-order valence-corrected chi connectivity index (χ1v) is 9.14.